The van der Waals surface area contributed by atoms with E-state index in [2.05, 4.69) is 20.8 Å². The number of benzene rings is 2. The number of aryl methyl sites for hydroxylation is 4. The zero-order chi connectivity index (χ0) is 21.7. The van der Waals surface area contributed by atoms with Gasteiger partial charge in [-0.05, 0) is 63.1 Å². The lowest BCUT2D eigenvalue weighted by molar-refractivity contribution is -0.113. The van der Waals surface area contributed by atoms with Gasteiger partial charge >= 0.3 is 0 Å². The number of nitrogens with one attached hydrogen (secondary N) is 2. The minimum atomic E-state index is -0.243. The third-order valence-corrected chi connectivity index (χ3v) is 5.41. The molecule has 0 radical (unpaired) electrons. The van der Waals surface area contributed by atoms with E-state index in [1.807, 2.05) is 52.0 Å². The first-order valence-electron chi connectivity index (χ1n) is 9.54. The van der Waals surface area contributed by atoms with E-state index < -0.39 is 0 Å². The highest BCUT2D eigenvalue weighted by Crippen LogP contribution is 2.23. The van der Waals surface area contributed by atoms with Gasteiger partial charge in [0.15, 0.2) is 5.82 Å². The Bertz CT molecular complexity index is 1040. The predicted octanol–water partition coefficient (Wildman–Crippen LogP) is 4.69. The van der Waals surface area contributed by atoms with Crippen LogP contribution in [0.5, 0.6) is 0 Å². The number of anilines is 2. The molecule has 1 heterocycles. The van der Waals surface area contributed by atoms with Crippen LogP contribution in [0, 0.1) is 27.7 Å². The second-order valence-corrected chi connectivity index (χ2v) is 8.18. The van der Waals surface area contributed by atoms with E-state index in [0.29, 0.717) is 16.4 Å². The van der Waals surface area contributed by atoms with Crippen LogP contribution in [0.1, 0.15) is 32.6 Å². The summed E-state index contributed by atoms with van der Waals surface area (Å²) in [6.07, 6.45) is 0. The third-order valence-electron chi connectivity index (χ3n) is 4.49. The summed E-state index contributed by atoms with van der Waals surface area (Å²) in [4.78, 5) is 24.6. The Morgan fingerprint density at radius 2 is 1.50 bits per heavy atom. The van der Waals surface area contributed by atoms with Crippen LogP contribution in [-0.4, -0.2) is 27.8 Å². The van der Waals surface area contributed by atoms with Crippen molar-refractivity contribution in [2.24, 2.45) is 0 Å². The molecule has 6 nitrogen and oxygen atoms in total. The predicted molar refractivity (Wildman–Crippen MR) is 121 cm³/mol. The number of carbonyl (C=O) groups is 2. The molecule has 154 valence electrons. The standard InChI is InChI=1S/C23H24N4O2S/c1-14-5-7-18(8-6-14)23(29)24-19-9-10-21(27-26-19)30-13-20(28)25-22-16(3)11-15(2)12-17(22)4/h5-12H,13H2,1-4H3,(H,25,28)(H,24,26,29). The quantitative estimate of drug-likeness (QED) is 0.565. The highest BCUT2D eigenvalue weighted by Gasteiger charge is 2.11. The van der Waals surface area contributed by atoms with Crippen LogP contribution >= 0.6 is 11.8 Å². The molecule has 30 heavy (non-hydrogen) atoms. The molecule has 0 saturated carbocycles. The first-order valence-corrected chi connectivity index (χ1v) is 10.5. The van der Waals surface area contributed by atoms with Gasteiger partial charge in [-0.3, -0.25) is 9.59 Å². The average molecular weight is 421 g/mol. The first kappa shape index (κ1) is 21.5. The largest absolute Gasteiger partial charge is 0.325 e. The maximum absolute atomic E-state index is 12.3. The van der Waals surface area contributed by atoms with Crippen molar-refractivity contribution < 1.29 is 9.59 Å². The van der Waals surface area contributed by atoms with Crippen molar-refractivity contribution >= 4 is 35.1 Å². The fourth-order valence-electron chi connectivity index (χ4n) is 3.05. The van der Waals surface area contributed by atoms with Crippen molar-refractivity contribution in [2.45, 2.75) is 32.7 Å². The molecule has 1 aromatic heterocycles. The number of aromatic nitrogens is 2. The van der Waals surface area contributed by atoms with Crippen molar-refractivity contribution in [3.8, 4) is 0 Å². The summed E-state index contributed by atoms with van der Waals surface area (Å²) >= 11 is 1.29. The molecule has 0 saturated heterocycles. The van der Waals surface area contributed by atoms with Crippen molar-refractivity contribution in [3.05, 3.63) is 76.3 Å². The second-order valence-electron chi connectivity index (χ2n) is 7.19. The normalized spacial score (nSPS) is 10.5. The van der Waals surface area contributed by atoms with Gasteiger partial charge in [0, 0.05) is 11.3 Å². The van der Waals surface area contributed by atoms with E-state index in [-0.39, 0.29) is 17.6 Å². The zero-order valence-electron chi connectivity index (χ0n) is 17.4. The van der Waals surface area contributed by atoms with E-state index in [1.165, 1.54) is 17.3 Å². The van der Waals surface area contributed by atoms with Crippen molar-refractivity contribution in [1.82, 2.24) is 10.2 Å². The summed E-state index contributed by atoms with van der Waals surface area (Å²) in [5.41, 5.74) is 5.75. The molecule has 2 aromatic carbocycles. The van der Waals surface area contributed by atoms with Gasteiger partial charge in [-0.25, -0.2) is 0 Å². The molecule has 3 rings (SSSR count). The Kier molecular flexibility index (Phi) is 6.84. The summed E-state index contributed by atoms with van der Waals surface area (Å²) in [6.45, 7) is 7.97. The number of amides is 2. The number of thioether (sulfide) groups is 1. The Hall–Kier alpha value is -3.19. The summed E-state index contributed by atoms with van der Waals surface area (Å²) in [7, 11) is 0. The van der Waals surface area contributed by atoms with E-state index in [1.54, 1.807) is 24.3 Å². The number of carbonyl (C=O) groups excluding carboxylic acids is 2. The molecule has 2 N–H and O–H groups in total. The highest BCUT2D eigenvalue weighted by atomic mass is 32.2. The van der Waals surface area contributed by atoms with Gasteiger partial charge in [0.1, 0.15) is 5.03 Å². The summed E-state index contributed by atoms with van der Waals surface area (Å²) in [5, 5.41) is 14.4. The lowest BCUT2D eigenvalue weighted by Gasteiger charge is -2.12. The second kappa shape index (κ2) is 9.54. The smallest absolute Gasteiger partial charge is 0.256 e. The van der Waals surface area contributed by atoms with E-state index >= 15 is 0 Å². The lowest BCUT2D eigenvalue weighted by Crippen LogP contribution is -2.16. The summed E-state index contributed by atoms with van der Waals surface area (Å²) < 4.78 is 0. The molecule has 0 aliphatic carbocycles. The van der Waals surface area contributed by atoms with Crippen LogP contribution < -0.4 is 10.6 Å². The number of nitrogens with zero attached hydrogens (tertiary/aromatic N) is 2. The molecule has 0 unspecified atom stereocenters. The van der Waals surface area contributed by atoms with Crippen molar-refractivity contribution in [1.29, 1.82) is 0 Å². The zero-order valence-corrected chi connectivity index (χ0v) is 18.3. The highest BCUT2D eigenvalue weighted by molar-refractivity contribution is 7.99. The first-order chi connectivity index (χ1) is 14.3. The van der Waals surface area contributed by atoms with Gasteiger partial charge in [0.2, 0.25) is 5.91 Å². The molecule has 7 heteroatoms. The Morgan fingerprint density at radius 3 is 2.10 bits per heavy atom. The van der Waals surface area contributed by atoms with Crippen LogP contribution in [-0.2, 0) is 4.79 Å². The Morgan fingerprint density at radius 1 is 0.833 bits per heavy atom. The van der Waals surface area contributed by atoms with Gasteiger partial charge in [-0.1, -0.05) is 47.2 Å². The van der Waals surface area contributed by atoms with E-state index in [9.17, 15) is 9.59 Å². The number of hydrogen-bond acceptors (Lipinski definition) is 5. The van der Waals surface area contributed by atoms with Gasteiger partial charge in [-0.2, -0.15) is 0 Å². The SMILES string of the molecule is Cc1ccc(C(=O)Nc2ccc(SCC(=O)Nc3c(C)cc(C)cc3C)nn2)cc1. The summed E-state index contributed by atoms with van der Waals surface area (Å²) in [6, 6.07) is 14.8. The fraction of sp³-hybridized carbons (Fsp3) is 0.217. The number of rotatable bonds is 6. The van der Waals surface area contributed by atoms with Crippen LogP contribution in [0.4, 0.5) is 11.5 Å². The number of hydrogen-bond donors (Lipinski definition) is 2. The molecule has 2 amide bonds. The fourth-order valence-corrected chi connectivity index (χ4v) is 3.66. The van der Waals surface area contributed by atoms with Crippen LogP contribution in [0.15, 0.2) is 53.6 Å². The molecular weight excluding hydrogens is 396 g/mol. The van der Waals surface area contributed by atoms with Crippen molar-refractivity contribution in [3.63, 3.8) is 0 Å². The average Bonchev–Trinajstić information content (AvgIpc) is 2.70. The molecule has 0 atom stereocenters. The topological polar surface area (TPSA) is 84.0 Å². The van der Waals surface area contributed by atoms with Gasteiger partial charge in [0.25, 0.3) is 5.91 Å². The van der Waals surface area contributed by atoms with Gasteiger partial charge < -0.3 is 10.6 Å². The van der Waals surface area contributed by atoms with Gasteiger partial charge in [-0.15, -0.1) is 10.2 Å². The molecule has 0 aliphatic rings. The monoisotopic (exact) mass is 420 g/mol. The summed E-state index contributed by atoms with van der Waals surface area (Å²) in [5.74, 6) is 0.234. The van der Waals surface area contributed by atoms with E-state index in [0.717, 1.165) is 22.4 Å². The maximum atomic E-state index is 12.3. The van der Waals surface area contributed by atoms with Crippen LogP contribution in [0.25, 0.3) is 0 Å². The molecular formula is C23H24N4O2S. The molecule has 0 fully saturated rings. The Labute approximate surface area is 180 Å². The molecule has 3 aromatic rings. The molecule has 0 aliphatic heterocycles. The molecule has 0 spiro atoms. The minimum absolute atomic E-state index is 0.103. The maximum Gasteiger partial charge on any atom is 0.256 e. The Balaban J connectivity index is 1.54. The third kappa shape index (κ3) is 5.67. The minimum Gasteiger partial charge on any atom is -0.325 e. The van der Waals surface area contributed by atoms with Gasteiger partial charge in [0.05, 0.1) is 5.75 Å². The molecule has 0 bridgehead atoms. The van der Waals surface area contributed by atoms with Crippen molar-refractivity contribution in [2.75, 3.05) is 16.4 Å². The van der Waals surface area contributed by atoms with E-state index in [4.69, 9.17) is 0 Å². The lowest BCUT2D eigenvalue weighted by atomic mass is 10.1. The van der Waals surface area contributed by atoms with Crippen LogP contribution in [0.2, 0.25) is 0 Å². The van der Waals surface area contributed by atoms with Crippen LogP contribution in [0.3, 0.4) is 0 Å².